The van der Waals surface area contributed by atoms with E-state index in [4.69, 9.17) is 19.2 Å². The van der Waals surface area contributed by atoms with Crippen LogP contribution in [0, 0.1) is 0 Å². The van der Waals surface area contributed by atoms with E-state index in [2.05, 4.69) is 60.2 Å². The van der Waals surface area contributed by atoms with Crippen molar-refractivity contribution in [2.24, 2.45) is 0 Å². The summed E-state index contributed by atoms with van der Waals surface area (Å²) in [6.45, 7) is 12.3. The van der Waals surface area contributed by atoms with Gasteiger partial charge in [0, 0.05) is 50.5 Å². The van der Waals surface area contributed by atoms with Gasteiger partial charge >= 0.3 is 0 Å². The van der Waals surface area contributed by atoms with Gasteiger partial charge in [-0.2, -0.15) is 0 Å². The maximum Gasteiger partial charge on any atom is 0.171 e. The summed E-state index contributed by atoms with van der Waals surface area (Å²) in [4.78, 5) is 9.55. The molecule has 0 unspecified atom stereocenters. The largest absolute Gasteiger partial charge is 0.493 e. The highest BCUT2D eigenvalue weighted by atomic mass is 16.5. The molecule has 1 N–H and O–H groups in total. The fourth-order valence-electron chi connectivity index (χ4n) is 4.52. The van der Waals surface area contributed by atoms with Gasteiger partial charge in [0.1, 0.15) is 5.75 Å². The molecule has 174 valence electrons. The quantitative estimate of drug-likeness (QED) is 0.709. The molecule has 2 aromatic rings. The second kappa shape index (κ2) is 10.5. The van der Waals surface area contributed by atoms with Crippen molar-refractivity contribution in [2.75, 3.05) is 51.4 Å². The Labute approximate surface area is 191 Å². The zero-order chi connectivity index (χ0) is 22.5. The lowest BCUT2D eigenvalue weighted by Gasteiger charge is -2.36. The number of anilines is 1. The highest BCUT2D eigenvalue weighted by Crippen LogP contribution is 2.31. The van der Waals surface area contributed by atoms with Gasteiger partial charge in [-0.1, -0.05) is 18.2 Å². The van der Waals surface area contributed by atoms with Crippen LogP contribution in [0.3, 0.4) is 0 Å². The molecule has 0 radical (unpaired) electrons. The SMILES string of the molecule is COc1cc(CN2CCN[C@@H](c3ccccc3OC(C)C)C2)cnc1N1CCOC[C@@H]1C. The first-order valence-electron chi connectivity index (χ1n) is 11.6. The molecule has 32 heavy (non-hydrogen) atoms. The number of morpholine rings is 1. The van der Waals surface area contributed by atoms with E-state index in [9.17, 15) is 0 Å². The lowest BCUT2D eigenvalue weighted by Crippen LogP contribution is -2.45. The molecule has 7 heteroatoms. The lowest BCUT2D eigenvalue weighted by atomic mass is 10.0. The number of para-hydroxylation sites is 1. The number of nitrogens with one attached hydrogen (secondary N) is 1. The molecule has 2 fully saturated rings. The van der Waals surface area contributed by atoms with Crippen molar-refractivity contribution < 1.29 is 14.2 Å². The number of piperazine rings is 1. The van der Waals surface area contributed by atoms with Gasteiger partial charge in [0.2, 0.25) is 0 Å². The van der Waals surface area contributed by atoms with Crippen molar-refractivity contribution in [1.82, 2.24) is 15.2 Å². The molecule has 0 bridgehead atoms. The topological polar surface area (TPSA) is 59.1 Å². The summed E-state index contributed by atoms with van der Waals surface area (Å²) < 4.78 is 17.4. The molecule has 1 aromatic heterocycles. The number of aromatic nitrogens is 1. The monoisotopic (exact) mass is 440 g/mol. The highest BCUT2D eigenvalue weighted by molar-refractivity contribution is 5.54. The highest BCUT2D eigenvalue weighted by Gasteiger charge is 2.26. The van der Waals surface area contributed by atoms with Gasteiger partial charge < -0.3 is 24.4 Å². The molecule has 2 saturated heterocycles. The standard InChI is InChI=1S/C25H36N4O3/c1-18(2)32-23-8-6-5-7-21(23)22-16-28(10-9-26-22)15-20-13-24(30-4)25(27-14-20)29-11-12-31-17-19(29)3/h5-8,13-14,18-19,22,26H,9-12,15-17H2,1-4H3/t19-,22+/m0/s1. The third-order valence-corrected chi connectivity index (χ3v) is 6.07. The van der Waals surface area contributed by atoms with Crippen LogP contribution in [0.25, 0.3) is 0 Å². The predicted molar refractivity (Wildman–Crippen MR) is 127 cm³/mol. The Kier molecular flexibility index (Phi) is 7.50. The van der Waals surface area contributed by atoms with E-state index < -0.39 is 0 Å². The van der Waals surface area contributed by atoms with Crippen LogP contribution in [0.15, 0.2) is 36.5 Å². The smallest absolute Gasteiger partial charge is 0.171 e. The zero-order valence-electron chi connectivity index (χ0n) is 19.7. The molecule has 0 amide bonds. The minimum atomic E-state index is 0.155. The van der Waals surface area contributed by atoms with Crippen LogP contribution < -0.4 is 19.7 Å². The van der Waals surface area contributed by atoms with Crippen molar-refractivity contribution in [3.63, 3.8) is 0 Å². The fraction of sp³-hybridized carbons (Fsp3) is 0.560. The molecule has 0 aliphatic carbocycles. The maximum atomic E-state index is 6.06. The number of methoxy groups -OCH3 is 1. The van der Waals surface area contributed by atoms with Crippen molar-refractivity contribution in [2.45, 2.75) is 45.5 Å². The lowest BCUT2D eigenvalue weighted by molar-refractivity contribution is 0.0982. The van der Waals surface area contributed by atoms with Crippen molar-refractivity contribution in [1.29, 1.82) is 0 Å². The summed E-state index contributed by atoms with van der Waals surface area (Å²) >= 11 is 0. The number of pyridine rings is 1. The average molecular weight is 441 g/mol. The van der Waals surface area contributed by atoms with Crippen LogP contribution in [0.1, 0.15) is 37.9 Å². The van der Waals surface area contributed by atoms with Gasteiger partial charge in [0.05, 0.1) is 32.5 Å². The second-order valence-electron chi connectivity index (χ2n) is 8.93. The van der Waals surface area contributed by atoms with Gasteiger partial charge in [0.15, 0.2) is 11.6 Å². The normalized spacial score (nSPS) is 22.2. The summed E-state index contributed by atoms with van der Waals surface area (Å²) in [6, 6.07) is 11.0. The summed E-state index contributed by atoms with van der Waals surface area (Å²) in [6.07, 6.45) is 2.15. The molecule has 1 aromatic carbocycles. The molecule has 4 rings (SSSR count). The van der Waals surface area contributed by atoms with E-state index in [1.807, 2.05) is 12.3 Å². The molecule has 3 heterocycles. The molecule has 2 atom stereocenters. The molecule has 0 spiro atoms. The van der Waals surface area contributed by atoms with Crippen molar-refractivity contribution in [3.05, 3.63) is 47.7 Å². The van der Waals surface area contributed by atoms with Gasteiger partial charge in [-0.3, -0.25) is 4.90 Å². The van der Waals surface area contributed by atoms with E-state index >= 15 is 0 Å². The number of benzene rings is 1. The summed E-state index contributed by atoms with van der Waals surface area (Å²) in [5.41, 5.74) is 2.39. The number of hydrogen-bond donors (Lipinski definition) is 1. The maximum absolute atomic E-state index is 6.06. The van der Waals surface area contributed by atoms with E-state index in [0.717, 1.165) is 63.3 Å². The minimum absolute atomic E-state index is 0.155. The average Bonchev–Trinajstić information content (AvgIpc) is 2.80. The summed E-state index contributed by atoms with van der Waals surface area (Å²) in [7, 11) is 1.72. The van der Waals surface area contributed by atoms with Crippen molar-refractivity contribution >= 4 is 5.82 Å². The number of hydrogen-bond acceptors (Lipinski definition) is 7. The first-order chi connectivity index (χ1) is 15.5. The second-order valence-corrected chi connectivity index (χ2v) is 8.93. The third-order valence-electron chi connectivity index (χ3n) is 6.07. The number of ether oxygens (including phenoxy) is 3. The van der Waals surface area contributed by atoms with Crippen LogP contribution >= 0.6 is 0 Å². The fourth-order valence-corrected chi connectivity index (χ4v) is 4.52. The Hall–Kier alpha value is -2.35. The number of nitrogens with zero attached hydrogens (tertiary/aromatic N) is 3. The first kappa shape index (κ1) is 22.8. The molecule has 0 saturated carbocycles. The zero-order valence-corrected chi connectivity index (χ0v) is 19.7. The van der Waals surface area contributed by atoms with Gasteiger partial charge in [-0.05, 0) is 38.5 Å². The molecule has 2 aliphatic heterocycles. The molecular formula is C25H36N4O3. The number of rotatable bonds is 7. The minimum Gasteiger partial charge on any atom is -0.493 e. The van der Waals surface area contributed by atoms with Crippen LogP contribution in [-0.2, 0) is 11.3 Å². The predicted octanol–water partition coefficient (Wildman–Crippen LogP) is 3.25. The third kappa shape index (κ3) is 5.34. The van der Waals surface area contributed by atoms with Crippen molar-refractivity contribution in [3.8, 4) is 11.5 Å². The Balaban J connectivity index is 1.46. The summed E-state index contributed by atoms with van der Waals surface area (Å²) in [5.74, 6) is 2.71. The first-order valence-corrected chi connectivity index (χ1v) is 11.6. The van der Waals surface area contributed by atoms with Crippen LogP contribution in [0.4, 0.5) is 5.82 Å². The van der Waals surface area contributed by atoms with E-state index in [-0.39, 0.29) is 18.2 Å². The Morgan fingerprint density at radius 1 is 1.22 bits per heavy atom. The van der Waals surface area contributed by atoms with Gasteiger partial charge in [-0.15, -0.1) is 0 Å². The van der Waals surface area contributed by atoms with Gasteiger partial charge in [-0.25, -0.2) is 4.98 Å². The van der Waals surface area contributed by atoms with Crippen LogP contribution in [0.5, 0.6) is 11.5 Å². The summed E-state index contributed by atoms with van der Waals surface area (Å²) in [5, 5.41) is 3.66. The van der Waals surface area contributed by atoms with E-state index in [1.54, 1.807) is 7.11 Å². The van der Waals surface area contributed by atoms with E-state index in [0.29, 0.717) is 0 Å². The van der Waals surface area contributed by atoms with Crippen LogP contribution in [0.2, 0.25) is 0 Å². The molecule has 2 aliphatic rings. The van der Waals surface area contributed by atoms with Gasteiger partial charge in [0.25, 0.3) is 0 Å². The Morgan fingerprint density at radius 2 is 2.06 bits per heavy atom. The molecular weight excluding hydrogens is 404 g/mol. The molecule has 7 nitrogen and oxygen atoms in total. The van der Waals surface area contributed by atoms with Crippen LogP contribution in [-0.4, -0.2) is 68.5 Å². The Bertz CT molecular complexity index is 891. The Morgan fingerprint density at radius 3 is 2.84 bits per heavy atom. The van der Waals surface area contributed by atoms with E-state index in [1.165, 1.54) is 11.1 Å².